The molecule has 15 heavy (non-hydrogen) atoms. The van der Waals surface area contributed by atoms with Crippen molar-refractivity contribution in [2.75, 3.05) is 37.0 Å². The maximum absolute atomic E-state index is 5.58. The highest BCUT2D eigenvalue weighted by Gasteiger charge is 2.05. The summed E-state index contributed by atoms with van der Waals surface area (Å²) in [6, 6.07) is 0. The van der Waals surface area contributed by atoms with Crippen molar-refractivity contribution in [2.24, 2.45) is 5.73 Å². The molecule has 0 radical (unpaired) electrons. The number of nitrogen functional groups attached to an aromatic ring is 1. The quantitative estimate of drug-likeness (QED) is 0.669. The van der Waals surface area contributed by atoms with Gasteiger partial charge in [-0.3, -0.25) is 0 Å². The first kappa shape index (κ1) is 12.0. The molecule has 0 spiro atoms. The van der Waals surface area contributed by atoms with Crippen LogP contribution in [0, 0.1) is 0 Å². The van der Waals surface area contributed by atoms with Gasteiger partial charge in [0.05, 0.1) is 5.75 Å². The molecule has 1 rings (SSSR count). The molecule has 1 aromatic heterocycles. The summed E-state index contributed by atoms with van der Waals surface area (Å²) >= 11 is 1.68. The van der Waals surface area contributed by atoms with Crippen LogP contribution in [-0.4, -0.2) is 41.3 Å². The highest BCUT2D eigenvalue weighted by molar-refractivity contribution is 7.98. The zero-order chi connectivity index (χ0) is 11.3. The Morgan fingerprint density at radius 1 is 1.27 bits per heavy atom. The predicted octanol–water partition coefficient (Wildman–Crippen LogP) is -0.288. The largest absolute Gasteiger partial charge is 0.368 e. The molecule has 0 aliphatic heterocycles. The van der Waals surface area contributed by atoms with Crippen LogP contribution in [0.25, 0.3) is 0 Å². The molecule has 84 valence electrons. The first-order valence-electron chi connectivity index (χ1n) is 4.59. The molecular weight excluding hydrogens is 212 g/mol. The highest BCUT2D eigenvalue weighted by atomic mass is 32.2. The van der Waals surface area contributed by atoms with Crippen LogP contribution in [-0.2, 0) is 5.75 Å². The minimum Gasteiger partial charge on any atom is -0.368 e. The summed E-state index contributed by atoms with van der Waals surface area (Å²) in [5.41, 5.74) is 11.0. The van der Waals surface area contributed by atoms with E-state index in [1.165, 1.54) is 0 Å². The maximum Gasteiger partial charge on any atom is 0.229 e. The first-order chi connectivity index (χ1) is 7.13. The summed E-state index contributed by atoms with van der Waals surface area (Å²) in [4.78, 5) is 14.1. The number of nitrogens with two attached hydrogens (primary N) is 2. The van der Waals surface area contributed by atoms with Crippen molar-refractivity contribution in [3.8, 4) is 0 Å². The van der Waals surface area contributed by atoms with Gasteiger partial charge in [0, 0.05) is 26.4 Å². The molecule has 6 nitrogen and oxygen atoms in total. The van der Waals surface area contributed by atoms with Crippen LogP contribution in [0.1, 0.15) is 5.82 Å². The molecule has 0 saturated carbocycles. The number of anilines is 2. The number of nitrogens with zero attached hydrogens (tertiary/aromatic N) is 4. The summed E-state index contributed by atoms with van der Waals surface area (Å²) < 4.78 is 0. The molecular formula is C8H16N6S. The minimum atomic E-state index is 0.261. The minimum absolute atomic E-state index is 0.261. The molecule has 7 heteroatoms. The second-order valence-electron chi connectivity index (χ2n) is 3.15. The molecule has 0 bridgehead atoms. The molecule has 0 aliphatic carbocycles. The van der Waals surface area contributed by atoms with Crippen LogP contribution in [0.15, 0.2) is 0 Å². The van der Waals surface area contributed by atoms with E-state index < -0.39 is 0 Å². The second kappa shape index (κ2) is 5.72. The third kappa shape index (κ3) is 3.88. The zero-order valence-corrected chi connectivity index (χ0v) is 9.79. The Labute approximate surface area is 93.5 Å². The fraction of sp³-hybridized carbons (Fsp3) is 0.625. The third-order valence-electron chi connectivity index (χ3n) is 1.58. The van der Waals surface area contributed by atoms with Crippen LogP contribution < -0.4 is 16.4 Å². The molecule has 0 atom stereocenters. The van der Waals surface area contributed by atoms with Crippen LogP contribution >= 0.6 is 11.8 Å². The lowest BCUT2D eigenvalue weighted by Gasteiger charge is -2.11. The van der Waals surface area contributed by atoms with Gasteiger partial charge in [0.1, 0.15) is 5.82 Å². The van der Waals surface area contributed by atoms with Crippen molar-refractivity contribution in [2.45, 2.75) is 5.75 Å². The van der Waals surface area contributed by atoms with E-state index in [-0.39, 0.29) is 5.95 Å². The third-order valence-corrected chi connectivity index (χ3v) is 2.57. The number of aromatic nitrogens is 3. The van der Waals surface area contributed by atoms with Crippen LogP contribution in [0.2, 0.25) is 0 Å². The Kier molecular flexibility index (Phi) is 4.57. The number of hydrogen-bond donors (Lipinski definition) is 2. The van der Waals surface area contributed by atoms with E-state index in [9.17, 15) is 0 Å². The normalized spacial score (nSPS) is 10.3. The SMILES string of the molecule is CN(C)c1nc(N)nc(CSCCN)n1. The fourth-order valence-electron chi connectivity index (χ4n) is 0.936. The second-order valence-corrected chi connectivity index (χ2v) is 4.25. The molecule has 0 unspecified atom stereocenters. The zero-order valence-electron chi connectivity index (χ0n) is 8.97. The summed E-state index contributed by atoms with van der Waals surface area (Å²) in [6.07, 6.45) is 0. The standard InChI is InChI=1S/C8H16N6S/c1-14(2)8-12-6(5-15-4-3-9)11-7(10)13-8/h3-5,9H2,1-2H3,(H2,10,11,12,13). The van der Waals surface area contributed by atoms with Gasteiger partial charge in [-0.1, -0.05) is 0 Å². The maximum atomic E-state index is 5.58. The van der Waals surface area contributed by atoms with Gasteiger partial charge in [-0.05, 0) is 0 Å². The average molecular weight is 228 g/mol. The summed E-state index contributed by atoms with van der Waals surface area (Å²) in [6.45, 7) is 0.659. The molecule has 1 heterocycles. The van der Waals surface area contributed by atoms with E-state index in [2.05, 4.69) is 15.0 Å². The Balaban J connectivity index is 2.71. The number of hydrogen-bond acceptors (Lipinski definition) is 7. The van der Waals surface area contributed by atoms with E-state index in [1.54, 1.807) is 16.7 Å². The molecule has 1 aromatic rings. The van der Waals surface area contributed by atoms with Crippen molar-refractivity contribution in [1.82, 2.24) is 15.0 Å². The van der Waals surface area contributed by atoms with Gasteiger partial charge in [-0.15, -0.1) is 0 Å². The highest BCUT2D eigenvalue weighted by Crippen LogP contribution is 2.11. The van der Waals surface area contributed by atoms with Gasteiger partial charge in [-0.25, -0.2) is 0 Å². The van der Waals surface area contributed by atoms with Crippen LogP contribution in [0.5, 0.6) is 0 Å². The van der Waals surface area contributed by atoms with Gasteiger partial charge in [0.25, 0.3) is 0 Å². The van der Waals surface area contributed by atoms with E-state index in [0.29, 0.717) is 24.1 Å². The van der Waals surface area contributed by atoms with Crippen molar-refractivity contribution in [3.05, 3.63) is 5.82 Å². The lowest BCUT2D eigenvalue weighted by molar-refractivity contribution is 0.919. The smallest absolute Gasteiger partial charge is 0.229 e. The molecule has 0 aromatic carbocycles. The Bertz CT molecular complexity index is 316. The Morgan fingerprint density at radius 2 is 2.00 bits per heavy atom. The van der Waals surface area contributed by atoms with E-state index in [0.717, 1.165) is 5.75 Å². The van der Waals surface area contributed by atoms with Crippen molar-refractivity contribution >= 4 is 23.7 Å². The van der Waals surface area contributed by atoms with Crippen LogP contribution in [0.4, 0.5) is 11.9 Å². The summed E-state index contributed by atoms with van der Waals surface area (Å²) in [5, 5.41) is 0. The van der Waals surface area contributed by atoms with Gasteiger partial charge in [0.2, 0.25) is 11.9 Å². The fourth-order valence-corrected chi connectivity index (χ4v) is 1.56. The van der Waals surface area contributed by atoms with Crippen molar-refractivity contribution in [1.29, 1.82) is 0 Å². The van der Waals surface area contributed by atoms with E-state index >= 15 is 0 Å². The molecule has 0 fully saturated rings. The summed E-state index contributed by atoms with van der Waals surface area (Å²) in [5.74, 6) is 3.15. The van der Waals surface area contributed by atoms with Crippen molar-refractivity contribution < 1.29 is 0 Å². The summed E-state index contributed by atoms with van der Waals surface area (Å²) in [7, 11) is 3.73. The molecule has 0 amide bonds. The lowest BCUT2D eigenvalue weighted by Crippen LogP contribution is -2.16. The molecule has 0 aliphatic rings. The first-order valence-corrected chi connectivity index (χ1v) is 5.74. The van der Waals surface area contributed by atoms with E-state index in [4.69, 9.17) is 11.5 Å². The Morgan fingerprint density at radius 3 is 2.60 bits per heavy atom. The number of rotatable bonds is 5. The lowest BCUT2D eigenvalue weighted by atomic mass is 10.6. The van der Waals surface area contributed by atoms with Gasteiger partial charge < -0.3 is 16.4 Å². The van der Waals surface area contributed by atoms with Crippen LogP contribution in [0.3, 0.4) is 0 Å². The van der Waals surface area contributed by atoms with Gasteiger partial charge >= 0.3 is 0 Å². The van der Waals surface area contributed by atoms with Crippen molar-refractivity contribution in [3.63, 3.8) is 0 Å². The number of thioether (sulfide) groups is 1. The molecule has 4 N–H and O–H groups in total. The monoisotopic (exact) mass is 228 g/mol. The average Bonchev–Trinajstić information content (AvgIpc) is 2.17. The van der Waals surface area contributed by atoms with Gasteiger partial charge in [-0.2, -0.15) is 26.7 Å². The van der Waals surface area contributed by atoms with Gasteiger partial charge in [0.15, 0.2) is 0 Å². The Hall–Kier alpha value is -1.08. The molecule has 0 saturated heterocycles. The van der Waals surface area contributed by atoms with E-state index in [1.807, 2.05) is 14.1 Å². The topological polar surface area (TPSA) is 94.0 Å². The predicted molar refractivity (Wildman–Crippen MR) is 63.8 cm³/mol.